The van der Waals surface area contributed by atoms with Crippen LogP contribution >= 0.6 is 0 Å². The summed E-state index contributed by atoms with van der Waals surface area (Å²) in [5.41, 5.74) is 0. The molecule has 1 aliphatic heterocycles. The molecule has 1 amide bonds. The average molecular weight is 303 g/mol. The van der Waals surface area contributed by atoms with Crippen LogP contribution in [0.5, 0.6) is 0 Å². The van der Waals surface area contributed by atoms with E-state index in [1.165, 1.54) is 0 Å². The van der Waals surface area contributed by atoms with E-state index in [-0.39, 0.29) is 5.91 Å². The summed E-state index contributed by atoms with van der Waals surface area (Å²) in [5.74, 6) is 1.80. The van der Waals surface area contributed by atoms with Crippen molar-refractivity contribution in [3.8, 4) is 0 Å². The van der Waals surface area contributed by atoms with E-state index in [1.54, 1.807) is 12.5 Å². The highest BCUT2D eigenvalue weighted by Gasteiger charge is 2.19. The summed E-state index contributed by atoms with van der Waals surface area (Å²) >= 11 is 0. The Morgan fingerprint density at radius 2 is 1.64 bits per heavy atom. The molecule has 3 heterocycles. The summed E-state index contributed by atoms with van der Waals surface area (Å²) in [7, 11) is 0. The van der Waals surface area contributed by atoms with Gasteiger partial charge in [-0.2, -0.15) is 0 Å². The van der Waals surface area contributed by atoms with Gasteiger partial charge in [-0.15, -0.1) is 0 Å². The molecule has 2 aromatic rings. The van der Waals surface area contributed by atoms with Crippen LogP contribution in [-0.2, 0) is 17.9 Å². The number of nitrogens with one attached hydrogen (secondary N) is 1. The first kappa shape index (κ1) is 14.9. The van der Waals surface area contributed by atoms with Crippen molar-refractivity contribution in [1.82, 2.24) is 15.1 Å². The second-order valence-corrected chi connectivity index (χ2v) is 5.49. The molecule has 0 unspecified atom stereocenters. The van der Waals surface area contributed by atoms with Crippen molar-refractivity contribution >= 4 is 5.91 Å². The molecule has 1 fully saturated rings. The Labute approximate surface area is 129 Å². The van der Waals surface area contributed by atoms with Gasteiger partial charge < -0.3 is 14.2 Å². The first-order valence-electron chi connectivity index (χ1n) is 7.56. The largest absolute Gasteiger partial charge is 0.468 e. The van der Waals surface area contributed by atoms with Crippen LogP contribution in [0.15, 0.2) is 45.6 Å². The second-order valence-electron chi connectivity index (χ2n) is 5.49. The van der Waals surface area contributed by atoms with E-state index < -0.39 is 0 Å². The van der Waals surface area contributed by atoms with Crippen molar-refractivity contribution in [1.29, 1.82) is 0 Å². The molecule has 1 saturated heterocycles. The Bertz CT molecular complexity index is 557. The standard InChI is InChI=1S/C16H21N3O3/c20-16(17-11-14-3-1-9-21-14)13-19-7-5-18(6-8-19)12-15-4-2-10-22-15/h1-4,9-10H,5-8,11-13H2,(H,17,20). The molecular formula is C16H21N3O3. The number of piperazine rings is 1. The summed E-state index contributed by atoms with van der Waals surface area (Å²) in [6, 6.07) is 7.58. The van der Waals surface area contributed by atoms with Gasteiger partial charge in [0, 0.05) is 26.2 Å². The van der Waals surface area contributed by atoms with Gasteiger partial charge in [0.1, 0.15) is 11.5 Å². The predicted octanol–water partition coefficient (Wildman–Crippen LogP) is 1.31. The monoisotopic (exact) mass is 303 g/mol. The highest BCUT2D eigenvalue weighted by Crippen LogP contribution is 2.08. The minimum atomic E-state index is 0.0379. The first-order valence-corrected chi connectivity index (χ1v) is 7.56. The van der Waals surface area contributed by atoms with E-state index in [2.05, 4.69) is 15.1 Å². The van der Waals surface area contributed by atoms with Crippen molar-refractivity contribution in [2.75, 3.05) is 32.7 Å². The molecule has 0 radical (unpaired) electrons. The Morgan fingerprint density at radius 1 is 1.00 bits per heavy atom. The van der Waals surface area contributed by atoms with Gasteiger partial charge in [0.05, 0.1) is 32.2 Å². The van der Waals surface area contributed by atoms with E-state index in [4.69, 9.17) is 8.83 Å². The number of rotatable bonds is 6. The second kappa shape index (κ2) is 7.29. The molecular weight excluding hydrogens is 282 g/mol. The maximum Gasteiger partial charge on any atom is 0.234 e. The minimum Gasteiger partial charge on any atom is -0.468 e. The lowest BCUT2D eigenvalue weighted by molar-refractivity contribution is -0.122. The molecule has 6 heteroatoms. The van der Waals surface area contributed by atoms with E-state index in [0.717, 1.165) is 44.2 Å². The number of nitrogens with zero attached hydrogens (tertiary/aromatic N) is 2. The Hall–Kier alpha value is -2.05. The zero-order valence-corrected chi connectivity index (χ0v) is 12.5. The number of amides is 1. The molecule has 118 valence electrons. The maximum absolute atomic E-state index is 11.9. The smallest absolute Gasteiger partial charge is 0.234 e. The van der Waals surface area contributed by atoms with Crippen LogP contribution in [-0.4, -0.2) is 48.4 Å². The van der Waals surface area contributed by atoms with Crippen molar-refractivity contribution < 1.29 is 13.6 Å². The van der Waals surface area contributed by atoms with Crippen LogP contribution in [0, 0.1) is 0 Å². The molecule has 0 saturated carbocycles. The van der Waals surface area contributed by atoms with Gasteiger partial charge in [-0.1, -0.05) is 0 Å². The fourth-order valence-electron chi connectivity index (χ4n) is 2.59. The molecule has 0 aromatic carbocycles. The van der Waals surface area contributed by atoms with E-state index in [1.807, 2.05) is 24.3 Å². The summed E-state index contributed by atoms with van der Waals surface area (Å²) < 4.78 is 10.6. The normalized spacial score (nSPS) is 16.7. The number of hydrogen-bond acceptors (Lipinski definition) is 5. The van der Waals surface area contributed by atoms with Gasteiger partial charge in [-0.3, -0.25) is 14.6 Å². The number of carbonyl (C=O) groups is 1. The van der Waals surface area contributed by atoms with Crippen LogP contribution in [0.25, 0.3) is 0 Å². The number of hydrogen-bond donors (Lipinski definition) is 1. The third kappa shape index (κ3) is 4.22. The number of carbonyl (C=O) groups excluding carboxylic acids is 1. The van der Waals surface area contributed by atoms with Crippen LogP contribution in [0.1, 0.15) is 11.5 Å². The van der Waals surface area contributed by atoms with Crippen molar-refractivity contribution in [2.24, 2.45) is 0 Å². The molecule has 6 nitrogen and oxygen atoms in total. The molecule has 3 rings (SSSR count). The van der Waals surface area contributed by atoms with Gasteiger partial charge >= 0.3 is 0 Å². The first-order chi connectivity index (χ1) is 10.8. The topological polar surface area (TPSA) is 61.9 Å². The van der Waals surface area contributed by atoms with Gasteiger partial charge in [-0.25, -0.2) is 0 Å². The SMILES string of the molecule is O=C(CN1CCN(Cc2ccco2)CC1)NCc1ccco1. The van der Waals surface area contributed by atoms with E-state index in [9.17, 15) is 4.79 Å². The number of furan rings is 2. The highest BCUT2D eigenvalue weighted by molar-refractivity contribution is 5.77. The average Bonchev–Trinajstić information content (AvgIpc) is 3.20. The lowest BCUT2D eigenvalue weighted by atomic mass is 10.3. The summed E-state index contributed by atoms with van der Waals surface area (Å²) in [6.07, 6.45) is 3.31. The summed E-state index contributed by atoms with van der Waals surface area (Å²) in [4.78, 5) is 16.4. The zero-order chi connectivity index (χ0) is 15.2. The fraction of sp³-hybridized carbons (Fsp3) is 0.438. The van der Waals surface area contributed by atoms with Crippen LogP contribution in [0.4, 0.5) is 0 Å². The van der Waals surface area contributed by atoms with Crippen molar-refractivity contribution in [3.05, 3.63) is 48.3 Å². The van der Waals surface area contributed by atoms with Gasteiger partial charge in [0.25, 0.3) is 0 Å². The molecule has 22 heavy (non-hydrogen) atoms. The summed E-state index contributed by atoms with van der Waals surface area (Å²) in [6.45, 7) is 5.42. The maximum atomic E-state index is 11.9. The van der Waals surface area contributed by atoms with Crippen LogP contribution < -0.4 is 5.32 Å². The highest BCUT2D eigenvalue weighted by atomic mass is 16.3. The Balaban J connectivity index is 1.35. The predicted molar refractivity (Wildman–Crippen MR) is 81.0 cm³/mol. The van der Waals surface area contributed by atoms with Crippen LogP contribution in [0.2, 0.25) is 0 Å². The van der Waals surface area contributed by atoms with Crippen LogP contribution in [0.3, 0.4) is 0 Å². The zero-order valence-electron chi connectivity index (χ0n) is 12.5. The van der Waals surface area contributed by atoms with Gasteiger partial charge in [0.15, 0.2) is 0 Å². The lowest BCUT2D eigenvalue weighted by Crippen LogP contribution is -2.49. The molecule has 0 atom stereocenters. The molecule has 0 aliphatic carbocycles. The third-order valence-electron chi connectivity index (χ3n) is 3.83. The van der Waals surface area contributed by atoms with E-state index in [0.29, 0.717) is 13.1 Å². The molecule has 0 spiro atoms. The van der Waals surface area contributed by atoms with Crippen molar-refractivity contribution in [3.63, 3.8) is 0 Å². The van der Waals surface area contributed by atoms with Gasteiger partial charge in [-0.05, 0) is 24.3 Å². The fourth-order valence-corrected chi connectivity index (χ4v) is 2.59. The Kier molecular flexibility index (Phi) is 4.92. The van der Waals surface area contributed by atoms with Crippen molar-refractivity contribution in [2.45, 2.75) is 13.1 Å². The molecule has 0 bridgehead atoms. The van der Waals surface area contributed by atoms with Gasteiger partial charge in [0.2, 0.25) is 5.91 Å². The third-order valence-corrected chi connectivity index (χ3v) is 3.83. The minimum absolute atomic E-state index is 0.0379. The molecule has 2 aromatic heterocycles. The lowest BCUT2D eigenvalue weighted by Gasteiger charge is -2.33. The Morgan fingerprint density at radius 3 is 2.27 bits per heavy atom. The van der Waals surface area contributed by atoms with E-state index >= 15 is 0 Å². The molecule has 1 aliphatic rings. The molecule has 1 N–H and O–H groups in total. The quantitative estimate of drug-likeness (QED) is 0.872. The summed E-state index contributed by atoms with van der Waals surface area (Å²) in [5, 5.41) is 2.88.